The van der Waals surface area contributed by atoms with Crippen LogP contribution in [0.1, 0.15) is 25.0 Å². The van der Waals surface area contributed by atoms with Crippen molar-refractivity contribution in [2.45, 2.75) is 68.1 Å². The fourth-order valence-corrected chi connectivity index (χ4v) is 2.74. The highest BCUT2D eigenvalue weighted by Crippen LogP contribution is 2.65. The summed E-state index contributed by atoms with van der Waals surface area (Å²) < 4.78 is 239. The number of rotatable bonds is 10. The number of ether oxygens (including phenoxy) is 2. The Labute approximate surface area is 210 Å². The molecule has 21 heteroatoms. The number of hydrogen-bond donors (Lipinski definition) is 0. The van der Waals surface area contributed by atoms with Gasteiger partial charge in [0.05, 0.1) is 0 Å². The highest BCUT2D eigenvalue weighted by Gasteiger charge is 2.95. The molecule has 1 rings (SSSR count). The maximum Gasteiger partial charge on any atom is 0.460 e. The maximum atomic E-state index is 14.7. The molecule has 0 saturated carbocycles. The van der Waals surface area contributed by atoms with Gasteiger partial charge in [-0.2, -0.15) is 74.6 Å². The summed E-state index contributed by atoms with van der Waals surface area (Å²) in [6, 6.07) is -0.155. The molecule has 0 atom stereocenters. The van der Waals surface area contributed by atoms with Crippen molar-refractivity contribution >= 4 is 11.9 Å². The lowest BCUT2D eigenvalue weighted by Gasteiger charge is -2.43. The fourth-order valence-electron chi connectivity index (χ4n) is 2.74. The molecular formula is C19H11F17O4. The molecule has 0 unspecified atom stereocenters. The number of carbonyl (C=O) groups is 2. The molecule has 0 aliphatic heterocycles. The fraction of sp³-hybridized carbons (Fsp3) is 0.579. The number of halogens is 17. The first-order chi connectivity index (χ1) is 17.4. The Kier molecular flexibility index (Phi) is 8.84. The summed E-state index contributed by atoms with van der Waals surface area (Å²) >= 11 is 0. The van der Waals surface area contributed by atoms with E-state index in [1.165, 1.54) is 0 Å². The first-order valence-electron chi connectivity index (χ1n) is 9.61. The van der Waals surface area contributed by atoms with Crippen LogP contribution in [0.15, 0.2) is 18.2 Å². The molecule has 0 N–H and O–H groups in total. The van der Waals surface area contributed by atoms with Crippen molar-refractivity contribution in [3.05, 3.63) is 29.3 Å². The van der Waals surface area contributed by atoms with E-state index in [-0.39, 0.29) is 18.2 Å². The molecule has 0 radical (unpaired) electrons. The van der Waals surface area contributed by atoms with Crippen molar-refractivity contribution in [3.63, 3.8) is 0 Å². The van der Waals surface area contributed by atoms with Gasteiger partial charge in [0.1, 0.15) is 12.4 Å². The monoisotopic (exact) mass is 626 g/mol. The number of benzene rings is 1. The van der Waals surface area contributed by atoms with E-state index in [9.17, 15) is 84.2 Å². The second-order valence-electron chi connectivity index (χ2n) is 7.71. The average Bonchev–Trinajstić information content (AvgIpc) is 2.75. The lowest BCUT2D eigenvalue weighted by molar-refractivity contribution is -0.462. The minimum Gasteiger partial charge on any atom is -0.461 e. The van der Waals surface area contributed by atoms with Gasteiger partial charge in [-0.05, 0) is 18.2 Å². The standard InChI is InChI=1S/C19H11F17O4/c1-7(37)39-6-9-5-10(40-8(2)38)3-4-11(9)12(20,21)13(22,23)14(24,25)15(26,27)16(28,29)17(30,31)18(32,33)19(34,35)36/h3-5H,6H2,1-2H3. The van der Waals surface area contributed by atoms with Crippen LogP contribution in [0.5, 0.6) is 5.75 Å². The molecule has 1 aromatic carbocycles. The zero-order valence-corrected chi connectivity index (χ0v) is 19.0. The predicted molar refractivity (Wildman–Crippen MR) is 92.9 cm³/mol. The third kappa shape index (κ3) is 5.21. The molecule has 230 valence electrons. The van der Waals surface area contributed by atoms with Crippen LogP contribution in [0.25, 0.3) is 0 Å². The van der Waals surface area contributed by atoms with Crippen molar-refractivity contribution in [2.75, 3.05) is 0 Å². The van der Waals surface area contributed by atoms with Crippen molar-refractivity contribution in [1.82, 2.24) is 0 Å². The molecule has 0 heterocycles. The molecule has 0 aliphatic rings. The molecule has 0 spiro atoms. The van der Waals surface area contributed by atoms with Crippen molar-refractivity contribution in [1.29, 1.82) is 0 Å². The third-order valence-electron chi connectivity index (χ3n) is 4.83. The summed E-state index contributed by atoms with van der Waals surface area (Å²) in [5.74, 6) is -61.2. The zero-order chi connectivity index (χ0) is 32.1. The predicted octanol–water partition coefficient (Wildman–Crippen LogP) is 7.14. The number of carbonyl (C=O) groups excluding carboxylic acids is 2. The van der Waals surface area contributed by atoms with Gasteiger partial charge in [-0.3, -0.25) is 9.59 Å². The van der Waals surface area contributed by atoms with Crippen LogP contribution in [-0.4, -0.2) is 53.7 Å². The minimum atomic E-state index is -8.76. The second-order valence-corrected chi connectivity index (χ2v) is 7.71. The van der Waals surface area contributed by atoms with E-state index < -0.39 is 83.1 Å². The van der Waals surface area contributed by atoms with Crippen molar-refractivity contribution in [3.8, 4) is 5.75 Å². The van der Waals surface area contributed by atoms with Gasteiger partial charge in [0.15, 0.2) is 0 Å². The van der Waals surface area contributed by atoms with E-state index in [0.717, 1.165) is 0 Å². The van der Waals surface area contributed by atoms with Crippen LogP contribution < -0.4 is 4.74 Å². The van der Waals surface area contributed by atoms with E-state index in [2.05, 4.69) is 9.47 Å². The van der Waals surface area contributed by atoms with Gasteiger partial charge in [0, 0.05) is 25.0 Å². The number of alkyl halides is 17. The minimum absolute atomic E-state index is 0.104. The SMILES string of the molecule is CC(=O)OCc1cc(OC(C)=O)ccc1C(F)(F)C(F)(F)C(F)(F)C(F)(F)C(F)(F)C(F)(F)C(F)(F)C(F)(F)F. The molecule has 0 aromatic heterocycles. The summed E-state index contributed by atoms with van der Waals surface area (Å²) in [5.41, 5.74) is -4.13. The smallest absolute Gasteiger partial charge is 0.460 e. The van der Waals surface area contributed by atoms with E-state index in [1.807, 2.05) is 0 Å². The molecule has 40 heavy (non-hydrogen) atoms. The van der Waals surface area contributed by atoms with Crippen LogP contribution in [0.3, 0.4) is 0 Å². The van der Waals surface area contributed by atoms with E-state index in [4.69, 9.17) is 0 Å². The largest absolute Gasteiger partial charge is 0.461 e. The van der Waals surface area contributed by atoms with Gasteiger partial charge in [-0.25, -0.2) is 0 Å². The zero-order valence-electron chi connectivity index (χ0n) is 19.0. The third-order valence-corrected chi connectivity index (χ3v) is 4.83. The lowest BCUT2D eigenvalue weighted by atomic mass is 9.86. The quantitative estimate of drug-likeness (QED) is 0.158. The van der Waals surface area contributed by atoms with E-state index in [1.54, 1.807) is 0 Å². The normalized spacial score (nSPS) is 14.7. The van der Waals surface area contributed by atoms with Crippen LogP contribution >= 0.6 is 0 Å². The summed E-state index contributed by atoms with van der Waals surface area (Å²) in [6.07, 6.45) is -7.85. The highest BCUT2D eigenvalue weighted by atomic mass is 19.4. The number of hydrogen-bond acceptors (Lipinski definition) is 4. The summed E-state index contributed by atoms with van der Waals surface area (Å²) in [5, 5.41) is 0. The van der Waals surface area contributed by atoms with Crippen molar-refractivity contribution < 1.29 is 93.7 Å². The topological polar surface area (TPSA) is 52.6 Å². The second kappa shape index (κ2) is 10.1. The Morgan fingerprint density at radius 3 is 1.38 bits per heavy atom. The molecular weight excluding hydrogens is 615 g/mol. The molecule has 0 fully saturated rings. The Balaban J connectivity index is 3.85. The average molecular weight is 626 g/mol. The van der Waals surface area contributed by atoms with Gasteiger partial charge in [-0.15, -0.1) is 0 Å². The van der Waals surface area contributed by atoms with Gasteiger partial charge in [0.25, 0.3) is 0 Å². The summed E-state index contributed by atoms with van der Waals surface area (Å²) in [4.78, 5) is 21.9. The molecule has 0 amide bonds. The van der Waals surface area contributed by atoms with Gasteiger partial charge in [0.2, 0.25) is 0 Å². The number of esters is 2. The molecule has 0 saturated heterocycles. The summed E-state index contributed by atoms with van der Waals surface area (Å²) in [6.45, 7) is -0.362. The Bertz CT molecular complexity index is 1120. The Morgan fingerprint density at radius 2 is 1.00 bits per heavy atom. The van der Waals surface area contributed by atoms with Gasteiger partial charge >= 0.3 is 59.6 Å². The van der Waals surface area contributed by atoms with E-state index >= 15 is 0 Å². The Morgan fingerprint density at radius 1 is 0.600 bits per heavy atom. The van der Waals surface area contributed by atoms with Gasteiger partial charge in [-0.1, -0.05) is 0 Å². The highest BCUT2D eigenvalue weighted by molar-refractivity contribution is 5.69. The van der Waals surface area contributed by atoms with Crippen LogP contribution in [0.2, 0.25) is 0 Å². The molecule has 0 bridgehead atoms. The van der Waals surface area contributed by atoms with Crippen LogP contribution in [-0.2, 0) is 26.9 Å². The molecule has 0 aliphatic carbocycles. The lowest BCUT2D eigenvalue weighted by Crippen LogP contribution is -2.74. The Hall–Kier alpha value is -3.03. The van der Waals surface area contributed by atoms with E-state index in [0.29, 0.717) is 13.8 Å². The first-order valence-corrected chi connectivity index (χ1v) is 9.61. The van der Waals surface area contributed by atoms with Gasteiger partial charge < -0.3 is 9.47 Å². The molecule has 4 nitrogen and oxygen atoms in total. The molecule has 1 aromatic rings. The van der Waals surface area contributed by atoms with Crippen LogP contribution in [0, 0.1) is 0 Å². The van der Waals surface area contributed by atoms with Crippen molar-refractivity contribution in [2.24, 2.45) is 0 Å². The summed E-state index contributed by atoms with van der Waals surface area (Å²) in [7, 11) is 0. The van der Waals surface area contributed by atoms with Crippen LogP contribution in [0.4, 0.5) is 74.6 Å². The first kappa shape index (κ1) is 35.0. The maximum absolute atomic E-state index is 14.7.